The fraction of sp³-hybridized carbons (Fsp3) is 0.0667. The monoisotopic (exact) mass is 880 g/mol. The van der Waals surface area contributed by atoms with Crippen molar-refractivity contribution in [2.45, 2.75) is 19.6 Å². The number of nitrogens with two attached hydrogens (primary N) is 2. The van der Waals surface area contributed by atoms with Gasteiger partial charge in [0.15, 0.2) is 0 Å². The lowest BCUT2D eigenvalue weighted by Crippen LogP contribution is -2.28. The number of anilines is 2. The Kier molecular flexibility index (Phi) is 23.2. The van der Waals surface area contributed by atoms with Gasteiger partial charge in [-0.1, -0.05) is 77.8 Å². The molecule has 3 amide bonds. The van der Waals surface area contributed by atoms with Crippen LogP contribution in [0.1, 0.15) is 16.7 Å². The molecule has 7 aromatic rings. The number of aromatic nitrogens is 3. The number of pyridine rings is 3. The van der Waals surface area contributed by atoms with Crippen molar-refractivity contribution < 1.29 is 23.9 Å². The summed E-state index contributed by atoms with van der Waals surface area (Å²) in [4.78, 5) is 45.0. The molecule has 0 aliphatic heterocycles. The number of carbonyl (C=O) groups is 3. The second-order valence-corrected chi connectivity index (χ2v) is 13.0. The SMILES string of the molecule is NCc1cccnc1.Nc1ccc(Cl)cc1.O=C(Cl)Oc1ccccc1.O=C(NCc1cccnc1)Nc1ccc(Cl)cc1.O=C(NCc1cccnc1)Oc1ccccc1. The number of amides is 3. The average molecular weight is 882 g/mol. The van der Waals surface area contributed by atoms with E-state index in [1.807, 2.05) is 60.7 Å². The molecule has 3 heterocycles. The first-order valence-corrected chi connectivity index (χ1v) is 19.3. The number of benzene rings is 4. The van der Waals surface area contributed by atoms with Crippen molar-refractivity contribution in [2.75, 3.05) is 11.1 Å². The van der Waals surface area contributed by atoms with Gasteiger partial charge in [0.05, 0.1) is 0 Å². The Bertz CT molecular complexity index is 2230. The molecule has 3 aromatic heterocycles. The molecule has 0 fully saturated rings. The molecule has 7 N–H and O–H groups in total. The minimum Gasteiger partial charge on any atom is -0.415 e. The van der Waals surface area contributed by atoms with Gasteiger partial charge in [-0.15, -0.1) is 0 Å². The van der Waals surface area contributed by atoms with E-state index >= 15 is 0 Å². The lowest BCUT2D eigenvalue weighted by Gasteiger charge is -2.07. The summed E-state index contributed by atoms with van der Waals surface area (Å²) in [7, 11) is 0. The van der Waals surface area contributed by atoms with Gasteiger partial charge in [0.2, 0.25) is 0 Å². The summed E-state index contributed by atoms with van der Waals surface area (Å²) in [5.41, 5.74) is 14.3. The number of para-hydroxylation sites is 2. The summed E-state index contributed by atoms with van der Waals surface area (Å²) >= 11 is 16.3. The second-order valence-electron chi connectivity index (χ2n) is 11.9. The van der Waals surface area contributed by atoms with Crippen LogP contribution in [0.25, 0.3) is 0 Å². The predicted molar refractivity (Wildman–Crippen MR) is 241 cm³/mol. The Labute approximate surface area is 369 Å². The van der Waals surface area contributed by atoms with Crippen LogP contribution in [0.3, 0.4) is 0 Å². The highest BCUT2D eigenvalue weighted by Gasteiger charge is 2.04. The molecule has 0 atom stereocenters. The van der Waals surface area contributed by atoms with Crippen molar-refractivity contribution in [3.05, 3.63) is 210 Å². The molecule has 0 spiro atoms. The van der Waals surface area contributed by atoms with Gasteiger partial charge in [0.25, 0.3) is 0 Å². The Hall–Kier alpha value is -7.03. The summed E-state index contributed by atoms with van der Waals surface area (Å²) in [6.07, 6.45) is 9.81. The highest BCUT2D eigenvalue weighted by Crippen LogP contribution is 2.14. The summed E-state index contributed by atoms with van der Waals surface area (Å²) in [6.45, 7) is 1.42. The van der Waals surface area contributed by atoms with E-state index in [4.69, 9.17) is 51.0 Å². The number of rotatable bonds is 8. The molecule has 0 saturated heterocycles. The van der Waals surface area contributed by atoms with Gasteiger partial charge in [-0.25, -0.2) is 14.4 Å². The highest BCUT2D eigenvalue weighted by molar-refractivity contribution is 6.61. The number of nitrogen functional groups attached to an aromatic ring is 1. The number of nitrogens with one attached hydrogen (secondary N) is 3. The van der Waals surface area contributed by atoms with Gasteiger partial charge < -0.3 is 36.9 Å². The number of carbonyl (C=O) groups excluding carboxylic acids is 3. The molecule has 7 rings (SSSR count). The maximum atomic E-state index is 11.6. The summed E-state index contributed by atoms with van der Waals surface area (Å²) < 4.78 is 9.61. The first-order valence-electron chi connectivity index (χ1n) is 18.2. The van der Waals surface area contributed by atoms with Crippen LogP contribution in [0.4, 0.5) is 25.8 Å². The molecule has 4 aromatic carbocycles. The van der Waals surface area contributed by atoms with Gasteiger partial charge in [0, 0.05) is 89.8 Å². The molecule has 13 nitrogen and oxygen atoms in total. The number of ether oxygens (including phenoxy) is 2. The Morgan fingerprint density at radius 1 is 0.541 bits per heavy atom. The zero-order valence-corrected chi connectivity index (χ0v) is 34.9. The van der Waals surface area contributed by atoms with E-state index in [1.165, 1.54) is 0 Å². The molecular formula is C45H43Cl3N8O5. The quantitative estimate of drug-likeness (QED) is 0.0723. The van der Waals surface area contributed by atoms with E-state index in [0.29, 0.717) is 41.8 Å². The second kappa shape index (κ2) is 29.2. The Morgan fingerprint density at radius 3 is 1.39 bits per heavy atom. The van der Waals surface area contributed by atoms with Crippen molar-refractivity contribution in [3.63, 3.8) is 0 Å². The standard InChI is InChI=1S/C13H12ClN3O.C13H12N2O2.C7H5ClO2.C6H6ClN.C6H8N2/c14-11-3-5-12(6-4-11)17-13(18)16-9-10-2-1-7-15-8-10;16-13(17-12-6-2-1-3-7-12)15-10-11-5-4-8-14-9-11;8-7(9)10-6-4-2-1-3-5-6;7-5-1-3-6(8)4-2-5;7-4-6-2-1-3-8-5-6/h1-8H,9H2,(H2,16,17,18);1-9H,10H2,(H,15,16);1-5H;1-4H,8H2;1-3,5H,4,7H2. The third-order valence-electron chi connectivity index (χ3n) is 7.16. The van der Waals surface area contributed by atoms with E-state index in [9.17, 15) is 14.4 Å². The third-order valence-corrected chi connectivity index (χ3v) is 7.74. The first-order chi connectivity index (χ1) is 29.6. The number of hydrogen-bond acceptors (Lipinski definition) is 10. The van der Waals surface area contributed by atoms with Gasteiger partial charge in [-0.05, 0) is 108 Å². The highest BCUT2D eigenvalue weighted by atomic mass is 35.5. The molecule has 0 aliphatic carbocycles. The predicted octanol–water partition coefficient (Wildman–Crippen LogP) is 10.3. The molecule has 0 saturated carbocycles. The van der Waals surface area contributed by atoms with E-state index < -0.39 is 11.5 Å². The summed E-state index contributed by atoms with van der Waals surface area (Å²) in [5, 5.41) is 9.45. The van der Waals surface area contributed by atoms with Gasteiger partial charge >= 0.3 is 17.6 Å². The normalized spacial score (nSPS) is 9.44. The van der Waals surface area contributed by atoms with Crippen molar-refractivity contribution in [1.82, 2.24) is 25.6 Å². The average Bonchev–Trinajstić information content (AvgIpc) is 3.29. The molecular weight excluding hydrogens is 839 g/mol. The molecule has 0 bridgehead atoms. The molecule has 61 heavy (non-hydrogen) atoms. The smallest absolute Gasteiger partial charge is 0.412 e. The van der Waals surface area contributed by atoms with E-state index in [-0.39, 0.29) is 6.03 Å². The Balaban J connectivity index is 0.000000212. The van der Waals surface area contributed by atoms with Crippen LogP contribution >= 0.6 is 34.8 Å². The lowest BCUT2D eigenvalue weighted by atomic mass is 10.3. The number of halogens is 3. The maximum absolute atomic E-state index is 11.6. The van der Waals surface area contributed by atoms with Gasteiger partial charge in [-0.2, -0.15) is 0 Å². The largest absolute Gasteiger partial charge is 0.415 e. The van der Waals surface area contributed by atoms with Crippen LogP contribution in [0, 0.1) is 0 Å². The van der Waals surface area contributed by atoms with Crippen molar-refractivity contribution in [3.8, 4) is 11.5 Å². The number of urea groups is 1. The fourth-order valence-electron chi connectivity index (χ4n) is 4.26. The van der Waals surface area contributed by atoms with E-state index in [1.54, 1.807) is 122 Å². The van der Waals surface area contributed by atoms with Crippen LogP contribution in [0.2, 0.25) is 10.0 Å². The molecule has 0 aliphatic rings. The maximum Gasteiger partial charge on any atom is 0.412 e. The zero-order valence-electron chi connectivity index (χ0n) is 32.6. The molecule has 0 radical (unpaired) electrons. The van der Waals surface area contributed by atoms with Crippen molar-refractivity contribution in [1.29, 1.82) is 0 Å². The topological polar surface area (TPSA) is 196 Å². The molecule has 16 heteroatoms. The van der Waals surface area contributed by atoms with Crippen molar-refractivity contribution in [2.24, 2.45) is 5.73 Å². The minimum absolute atomic E-state index is 0.263. The van der Waals surface area contributed by atoms with Crippen LogP contribution in [-0.2, 0) is 19.6 Å². The number of hydrogen-bond donors (Lipinski definition) is 5. The fourth-order valence-corrected chi connectivity index (χ4v) is 4.61. The van der Waals surface area contributed by atoms with Crippen LogP contribution in [0.5, 0.6) is 11.5 Å². The molecule has 314 valence electrons. The third kappa shape index (κ3) is 23.2. The van der Waals surface area contributed by atoms with E-state index in [0.717, 1.165) is 27.4 Å². The van der Waals surface area contributed by atoms with Crippen LogP contribution < -0.4 is 36.9 Å². The van der Waals surface area contributed by atoms with Gasteiger partial charge in [0.1, 0.15) is 11.5 Å². The number of nitrogens with zero attached hydrogens (tertiary/aromatic N) is 3. The minimum atomic E-state index is -0.814. The summed E-state index contributed by atoms with van der Waals surface area (Å²) in [5.74, 6) is 0.985. The zero-order chi connectivity index (χ0) is 43.9. The lowest BCUT2D eigenvalue weighted by molar-refractivity contribution is 0.200. The van der Waals surface area contributed by atoms with Gasteiger partial charge in [-0.3, -0.25) is 15.0 Å². The van der Waals surface area contributed by atoms with Crippen molar-refractivity contribution >= 4 is 63.7 Å². The summed E-state index contributed by atoms with van der Waals surface area (Å²) in [6, 6.07) is 42.6. The Morgan fingerprint density at radius 2 is 0.984 bits per heavy atom. The van der Waals surface area contributed by atoms with Crippen LogP contribution in [-0.4, -0.2) is 32.5 Å². The first kappa shape index (κ1) is 48.3. The van der Waals surface area contributed by atoms with E-state index in [2.05, 4.69) is 35.6 Å². The molecule has 0 unspecified atom stereocenters. The van der Waals surface area contributed by atoms with Crippen LogP contribution in [0.15, 0.2) is 183 Å².